The molecule has 1 saturated heterocycles. The van der Waals surface area contributed by atoms with E-state index in [2.05, 4.69) is 6.92 Å². The number of fused-ring (bicyclic) bond motifs is 3. The number of carbonyl (C=O) groups is 1. The van der Waals surface area contributed by atoms with Gasteiger partial charge in [0, 0.05) is 16.9 Å². The average Bonchev–Trinajstić information content (AvgIpc) is 3.38. The van der Waals surface area contributed by atoms with Gasteiger partial charge >= 0.3 is 5.63 Å². The number of epoxide rings is 1. The Morgan fingerprint density at radius 2 is 1.97 bits per heavy atom. The van der Waals surface area contributed by atoms with Crippen LogP contribution < -0.4 is 5.63 Å². The second kappa shape index (κ2) is 5.82. The summed E-state index contributed by atoms with van der Waals surface area (Å²) < 4.78 is 11.7. The third kappa shape index (κ3) is 2.13. The van der Waals surface area contributed by atoms with Gasteiger partial charge in [-0.2, -0.15) is 0 Å². The van der Waals surface area contributed by atoms with Crippen LogP contribution in [0.2, 0.25) is 0 Å². The molecule has 6 rings (SSSR count). The van der Waals surface area contributed by atoms with E-state index in [1.807, 2.05) is 6.07 Å². The van der Waals surface area contributed by atoms with E-state index in [4.69, 9.17) is 9.15 Å². The third-order valence-electron chi connectivity index (χ3n) is 9.97. The zero-order chi connectivity index (χ0) is 20.0. The van der Waals surface area contributed by atoms with Crippen molar-refractivity contribution in [2.75, 3.05) is 0 Å². The minimum atomic E-state index is -0.303. The fourth-order valence-corrected chi connectivity index (χ4v) is 8.66. The van der Waals surface area contributed by atoms with E-state index in [0.29, 0.717) is 23.7 Å². The predicted octanol–water partition coefficient (Wildman–Crippen LogP) is 3.44. The quantitative estimate of drug-likeness (QED) is 0.610. The van der Waals surface area contributed by atoms with Crippen molar-refractivity contribution < 1.29 is 19.1 Å². The van der Waals surface area contributed by atoms with Gasteiger partial charge in [0.2, 0.25) is 0 Å². The normalized spacial score (nSPS) is 52.6. The highest BCUT2D eigenvalue weighted by molar-refractivity contribution is 5.62. The van der Waals surface area contributed by atoms with Crippen LogP contribution in [0, 0.1) is 28.6 Å². The Bertz CT molecular complexity index is 888. The second-order valence-electron chi connectivity index (χ2n) is 10.7. The molecule has 5 nitrogen and oxygen atoms in total. The van der Waals surface area contributed by atoms with E-state index < -0.39 is 0 Å². The number of carbonyl (C=O) groups excluding carboxylic acids is 1. The number of rotatable bonds is 2. The number of hydrogen-bond donors (Lipinski definition) is 1. The van der Waals surface area contributed by atoms with E-state index in [-0.39, 0.29) is 34.3 Å². The van der Waals surface area contributed by atoms with E-state index in [0.717, 1.165) is 56.9 Å². The first kappa shape index (κ1) is 18.3. The molecule has 1 aromatic rings. The first-order valence-corrected chi connectivity index (χ1v) is 11.4. The summed E-state index contributed by atoms with van der Waals surface area (Å²) in [6.07, 6.45) is 10.5. The Labute approximate surface area is 170 Å². The molecule has 29 heavy (non-hydrogen) atoms. The third-order valence-corrected chi connectivity index (χ3v) is 9.97. The first-order chi connectivity index (χ1) is 13.9. The molecule has 5 heteroatoms. The molecule has 1 N–H and O–H groups in total. The zero-order valence-corrected chi connectivity index (χ0v) is 17.0. The Kier molecular flexibility index (Phi) is 3.68. The summed E-state index contributed by atoms with van der Waals surface area (Å²) in [6, 6.07) is 3.46. The van der Waals surface area contributed by atoms with Gasteiger partial charge in [0.25, 0.3) is 0 Å². The largest absolute Gasteiger partial charge is 0.431 e. The summed E-state index contributed by atoms with van der Waals surface area (Å²) in [6.45, 7) is 2.37. The van der Waals surface area contributed by atoms with Gasteiger partial charge in [0.1, 0.15) is 11.9 Å². The van der Waals surface area contributed by atoms with Crippen molar-refractivity contribution in [1.29, 1.82) is 0 Å². The number of ether oxygens (including phenoxy) is 1. The van der Waals surface area contributed by atoms with Crippen molar-refractivity contribution in [2.45, 2.75) is 82.0 Å². The van der Waals surface area contributed by atoms with Gasteiger partial charge in [-0.25, -0.2) is 4.79 Å². The number of hydrogen-bond acceptors (Lipinski definition) is 5. The molecule has 1 aromatic heterocycles. The molecule has 5 aliphatic rings. The highest BCUT2D eigenvalue weighted by Gasteiger charge is 2.80. The number of aliphatic hydroxyl groups is 1. The Morgan fingerprint density at radius 1 is 1.10 bits per heavy atom. The maximum atomic E-state index is 12.5. The molecule has 0 radical (unpaired) electrons. The summed E-state index contributed by atoms with van der Waals surface area (Å²) in [5, 5.41) is 10.2. The standard InChI is InChI=1S/C24H30O5/c1-22-8-7-17-18(4-3-15-10-16(26)6-9-23(15,17)13-25)24(22)20(29-24)11-19(22)14-2-5-21(27)28-12-14/h2,5,12-13,15-20,26H,3-4,6-11H2,1H3/t15-,16+,17?,18-,19+,20-,22-,23-,24-/m1/s1. The monoisotopic (exact) mass is 398 g/mol. The van der Waals surface area contributed by atoms with Crippen molar-refractivity contribution in [2.24, 2.45) is 28.6 Å². The van der Waals surface area contributed by atoms with Crippen molar-refractivity contribution >= 4 is 6.29 Å². The smallest absolute Gasteiger partial charge is 0.335 e. The minimum absolute atomic E-state index is 0.0177. The van der Waals surface area contributed by atoms with Gasteiger partial charge < -0.3 is 19.1 Å². The van der Waals surface area contributed by atoms with E-state index in [9.17, 15) is 14.7 Å². The van der Waals surface area contributed by atoms with Crippen LogP contribution in [0.3, 0.4) is 0 Å². The Hall–Kier alpha value is -1.46. The van der Waals surface area contributed by atoms with Crippen LogP contribution in [0.5, 0.6) is 0 Å². The summed E-state index contributed by atoms with van der Waals surface area (Å²) in [5.41, 5.74) is 0.423. The fourth-order valence-electron chi connectivity index (χ4n) is 8.66. The summed E-state index contributed by atoms with van der Waals surface area (Å²) in [7, 11) is 0. The summed E-state index contributed by atoms with van der Waals surface area (Å²) >= 11 is 0. The zero-order valence-electron chi connectivity index (χ0n) is 17.0. The van der Waals surface area contributed by atoms with Crippen LogP contribution >= 0.6 is 0 Å². The lowest BCUT2D eigenvalue weighted by atomic mass is 9.44. The molecule has 4 aliphatic carbocycles. The molecule has 2 heterocycles. The minimum Gasteiger partial charge on any atom is -0.431 e. The van der Waals surface area contributed by atoms with Crippen molar-refractivity contribution in [3.8, 4) is 0 Å². The van der Waals surface area contributed by atoms with Gasteiger partial charge in [-0.3, -0.25) is 0 Å². The van der Waals surface area contributed by atoms with Crippen LogP contribution in [-0.4, -0.2) is 29.2 Å². The molecule has 4 saturated carbocycles. The molecule has 1 aliphatic heterocycles. The molecule has 156 valence electrons. The molecule has 0 aromatic carbocycles. The molecule has 9 atom stereocenters. The lowest BCUT2D eigenvalue weighted by Gasteiger charge is -2.60. The highest BCUT2D eigenvalue weighted by atomic mass is 16.6. The molecule has 0 amide bonds. The molecular weight excluding hydrogens is 368 g/mol. The second-order valence-corrected chi connectivity index (χ2v) is 10.7. The van der Waals surface area contributed by atoms with Gasteiger partial charge in [-0.1, -0.05) is 6.92 Å². The van der Waals surface area contributed by atoms with Gasteiger partial charge in [0.05, 0.1) is 18.5 Å². The van der Waals surface area contributed by atoms with Gasteiger partial charge in [-0.15, -0.1) is 0 Å². The van der Waals surface area contributed by atoms with Crippen LogP contribution in [0.4, 0.5) is 0 Å². The van der Waals surface area contributed by atoms with E-state index in [1.54, 1.807) is 6.26 Å². The SMILES string of the molecule is C[C@]12CCC3[C@@H](CC[C@@H]4C[C@@H](O)CC[C@]34C=O)[C@]13O[C@@H]3C[C@H]2c1ccc(=O)oc1. The van der Waals surface area contributed by atoms with Crippen molar-refractivity contribution in [1.82, 2.24) is 0 Å². The van der Waals surface area contributed by atoms with Crippen LogP contribution in [-0.2, 0) is 9.53 Å². The lowest BCUT2D eigenvalue weighted by Crippen LogP contribution is -2.59. The van der Waals surface area contributed by atoms with E-state index in [1.165, 1.54) is 12.4 Å². The topological polar surface area (TPSA) is 80.0 Å². The summed E-state index contributed by atoms with van der Waals surface area (Å²) in [4.78, 5) is 24.0. The molecule has 5 fully saturated rings. The Morgan fingerprint density at radius 3 is 2.72 bits per heavy atom. The van der Waals surface area contributed by atoms with Crippen molar-refractivity contribution in [3.63, 3.8) is 0 Å². The van der Waals surface area contributed by atoms with E-state index >= 15 is 0 Å². The fraction of sp³-hybridized carbons (Fsp3) is 0.750. The maximum Gasteiger partial charge on any atom is 0.335 e. The maximum absolute atomic E-state index is 12.5. The van der Waals surface area contributed by atoms with Crippen LogP contribution in [0.15, 0.2) is 27.6 Å². The van der Waals surface area contributed by atoms with Gasteiger partial charge in [-0.05, 0) is 86.7 Å². The van der Waals surface area contributed by atoms with Crippen LogP contribution in [0.1, 0.15) is 69.8 Å². The van der Waals surface area contributed by atoms with Crippen LogP contribution in [0.25, 0.3) is 0 Å². The van der Waals surface area contributed by atoms with Gasteiger partial charge in [0.15, 0.2) is 0 Å². The average molecular weight is 398 g/mol. The lowest BCUT2D eigenvalue weighted by molar-refractivity contribution is -0.158. The molecule has 1 unspecified atom stereocenters. The predicted molar refractivity (Wildman–Crippen MR) is 105 cm³/mol. The number of aliphatic hydroxyl groups excluding tert-OH is 1. The molecular formula is C24H30O5. The van der Waals surface area contributed by atoms with Crippen molar-refractivity contribution in [3.05, 3.63) is 34.4 Å². The molecule has 0 bridgehead atoms. The molecule has 1 spiro atoms. The number of aldehydes is 1. The Balaban J connectivity index is 1.37. The first-order valence-electron chi connectivity index (χ1n) is 11.4. The highest BCUT2D eigenvalue weighted by Crippen LogP contribution is 2.77. The summed E-state index contributed by atoms with van der Waals surface area (Å²) in [5.74, 6) is 1.45.